The van der Waals surface area contributed by atoms with Crippen LogP contribution in [-0.4, -0.2) is 40.0 Å². The number of hydrogen-bond donors (Lipinski definition) is 2. The molecule has 2 aromatic rings. The first kappa shape index (κ1) is 16.9. The number of benzene rings is 1. The molecule has 0 saturated heterocycles. The second-order valence-corrected chi connectivity index (χ2v) is 5.72. The summed E-state index contributed by atoms with van der Waals surface area (Å²) in [5, 5.41) is 11.9. The first-order chi connectivity index (χ1) is 12.2. The second kappa shape index (κ2) is 7.72. The highest BCUT2D eigenvalue weighted by atomic mass is 16.3. The zero-order chi connectivity index (χ0) is 17.6. The number of aromatic nitrogens is 1. The van der Waals surface area contributed by atoms with Crippen molar-refractivity contribution in [3.05, 3.63) is 71.7 Å². The molecule has 1 aromatic carbocycles. The fourth-order valence-electron chi connectivity index (χ4n) is 2.69. The summed E-state index contributed by atoms with van der Waals surface area (Å²) in [5.74, 6) is -0.828. The van der Waals surface area contributed by atoms with Crippen LogP contribution in [0.25, 0.3) is 0 Å². The molecular formula is C19H19N3O3. The van der Waals surface area contributed by atoms with Crippen molar-refractivity contribution in [3.8, 4) is 0 Å². The predicted octanol–water partition coefficient (Wildman–Crippen LogP) is 1.52. The summed E-state index contributed by atoms with van der Waals surface area (Å²) in [6.45, 7) is -0.245. The molecule has 0 spiro atoms. The van der Waals surface area contributed by atoms with Crippen molar-refractivity contribution in [1.29, 1.82) is 0 Å². The van der Waals surface area contributed by atoms with E-state index < -0.39 is 11.8 Å². The first-order valence-electron chi connectivity index (χ1n) is 8.11. The van der Waals surface area contributed by atoms with Crippen LogP contribution < -0.4 is 5.32 Å². The van der Waals surface area contributed by atoms with Crippen LogP contribution in [0.4, 0.5) is 5.69 Å². The maximum atomic E-state index is 12.2. The average Bonchev–Trinajstić information content (AvgIpc) is 2.89. The summed E-state index contributed by atoms with van der Waals surface area (Å²) in [6.07, 6.45) is 4.70. The lowest BCUT2D eigenvalue weighted by Gasteiger charge is -2.13. The predicted molar refractivity (Wildman–Crippen MR) is 93.6 cm³/mol. The third kappa shape index (κ3) is 4.10. The van der Waals surface area contributed by atoms with Crippen molar-refractivity contribution in [2.45, 2.75) is 12.8 Å². The van der Waals surface area contributed by atoms with E-state index in [-0.39, 0.29) is 18.8 Å². The Balaban J connectivity index is 1.65. The summed E-state index contributed by atoms with van der Waals surface area (Å²) >= 11 is 0. The zero-order valence-corrected chi connectivity index (χ0v) is 13.7. The standard InChI is InChI=1S/C19H19N3O3/c23-11-10-22-18(24)13-17(19(22)25)21-16-6-3-4-14(12-16)7-8-15-5-1-2-9-20-15/h1-6,9,12-13,21,23H,7-8,10-11H2. The maximum absolute atomic E-state index is 12.2. The Morgan fingerprint density at radius 2 is 1.96 bits per heavy atom. The number of carbonyl (C=O) groups excluding carboxylic acids is 2. The number of anilines is 1. The number of β-amino-alcohol motifs (C(OH)–C–C–N with tert-alkyl or cyclic N) is 1. The van der Waals surface area contributed by atoms with Crippen LogP contribution in [0.2, 0.25) is 0 Å². The Bertz CT molecular complexity index is 803. The molecule has 0 aliphatic carbocycles. The van der Waals surface area contributed by atoms with Crippen LogP contribution in [0.5, 0.6) is 0 Å². The smallest absolute Gasteiger partial charge is 0.277 e. The van der Waals surface area contributed by atoms with E-state index >= 15 is 0 Å². The van der Waals surface area contributed by atoms with Gasteiger partial charge in [-0.1, -0.05) is 18.2 Å². The van der Waals surface area contributed by atoms with Crippen molar-refractivity contribution >= 4 is 17.5 Å². The number of rotatable bonds is 7. The number of imide groups is 1. The summed E-state index contributed by atoms with van der Waals surface area (Å²) in [7, 11) is 0. The number of hydrogen-bond acceptors (Lipinski definition) is 5. The summed E-state index contributed by atoms with van der Waals surface area (Å²) in [5.41, 5.74) is 3.11. The highest BCUT2D eigenvalue weighted by Gasteiger charge is 2.30. The Morgan fingerprint density at radius 3 is 2.72 bits per heavy atom. The van der Waals surface area contributed by atoms with Crippen LogP contribution in [0.15, 0.2) is 60.4 Å². The largest absolute Gasteiger partial charge is 0.395 e. The van der Waals surface area contributed by atoms with Gasteiger partial charge in [-0.05, 0) is 42.7 Å². The summed E-state index contributed by atoms with van der Waals surface area (Å²) < 4.78 is 0. The number of aryl methyl sites for hydroxylation is 2. The lowest BCUT2D eigenvalue weighted by atomic mass is 10.1. The van der Waals surface area contributed by atoms with Crippen LogP contribution in [-0.2, 0) is 22.4 Å². The first-order valence-corrected chi connectivity index (χ1v) is 8.11. The van der Waals surface area contributed by atoms with Gasteiger partial charge in [0.15, 0.2) is 0 Å². The molecule has 2 N–H and O–H groups in total. The van der Waals surface area contributed by atoms with Gasteiger partial charge < -0.3 is 10.4 Å². The Kier molecular flexibility index (Phi) is 5.20. The van der Waals surface area contributed by atoms with E-state index in [4.69, 9.17) is 5.11 Å². The molecule has 6 heteroatoms. The molecule has 25 heavy (non-hydrogen) atoms. The molecule has 0 fully saturated rings. The normalized spacial score (nSPS) is 14.0. The number of aliphatic hydroxyl groups excluding tert-OH is 1. The fourth-order valence-corrected chi connectivity index (χ4v) is 2.69. The Morgan fingerprint density at radius 1 is 1.08 bits per heavy atom. The number of carbonyl (C=O) groups is 2. The molecule has 0 radical (unpaired) electrons. The van der Waals surface area contributed by atoms with E-state index in [2.05, 4.69) is 10.3 Å². The number of aliphatic hydroxyl groups is 1. The van der Waals surface area contributed by atoms with Gasteiger partial charge in [-0.3, -0.25) is 19.5 Å². The van der Waals surface area contributed by atoms with Crippen LogP contribution in [0.1, 0.15) is 11.3 Å². The van der Waals surface area contributed by atoms with Gasteiger partial charge in [0.2, 0.25) is 0 Å². The number of amides is 2. The molecule has 0 bridgehead atoms. The van der Waals surface area contributed by atoms with E-state index in [0.29, 0.717) is 0 Å². The third-order valence-electron chi connectivity index (χ3n) is 3.93. The van der Waals surface area contributed by atoms with Gasteiger partial charge in [-0.25, -0.2) is 0 Å². The van der Waals surface area contributed by atoms with Gasteiger partial charge in [0, 0.05) is 23.7 Å². The Hall–Kier alpha value is -2.99. The topological polar surface area (TPSA) is 82.5 Å². The van der Waals surface area contributed by atoms with Crippen LogP contribution in [0, 0.1) is 0 Å². The second-order valence-electron chi connectivity index (χ2n) is 5.72. The minimum absolute atomic E-state index is 0.00343. The molecule has 3 rings (SSSR count). The van der Waals surface area contributed by atoms with Crippen molar-refractivity contribution in [1.82, 2.24) is 9.88 Å². The Labute approximate surface area is 145 Å². The van der Waals surface area contributed by atoms with E-state index in [1.54, 1.807) is 6.20 Å². The molecule has 2 amide bonds. The maximum Gasteiger partial charge on any atom is 0.277 e. The zero-order valence-electron chi connectivity index (χ0n) is 13.7. The van der Waals surface area contributed by atoms with Gasteiger partial charge in [-0.2, -0.15) is 0 Å². The summed E-state index contributed by atoms with van der Waals surface area (Å²) in [6, 6.07) is 13.6. The number of nitrogens with zero attached hydrogens (tertiary/aromatic N) is 2. The molecule has 0 atom stereocenters. The van der Waals surface area contributed by atoms with Crippen LogP contribution in [0.3, 0.4) is 0 Å². The molecule has 0 saturated carbocycles. The molecule has 1 aromatic heterocycles. The quantitative estimate of drug-likeness (QED) is 0.749. The number of nitrogens with one attached hydrogen (secondary N) is 1. The van der Waals surface area contributed by atoms with Crippen molar-refractivity contribution in [2.75, 3.05) is 18.5 Å². The fraction of sp³-hybridized carbons (Fsp3) is 0.211. The highest BCUT2D eigenvalue weighted by Crippen LogP contribution is 2.19. The van der Waals surface area contributed by atoms with Gasteiger partial charge in [0.1, 0.15) is 5.70 Å². The van der Waals surface area contributed by atoms with E-state index in [0.717, 1.165) is 34.7 Å². The lowest BCUT2D eigenvalue weighted by molar-refractivity contribution is -0.137. The molecule has 2 heterocycles. The average molecular weight is 337 g/mol. The molecule has 128 valence electrons. The van der Waals surface area contributed by atoms with E-state index in [1.165, 1.54) is 6.08 Å². The van der Waals surface area contributed by atoms with Crippen molar-refractivity contribution < 1.29 is 14.7 Å². The van der Waals surface area contributed by atoms with E-state index in [9.17, 15) is 9.59 Å². The van der Waals surface area contributed by atoms with Gasteiger partial charge in [0.05, 0.1) is 13.2 Å². The molecule has 6 nitrogen and oxygen atoms in total. The SMILES string of the molecule is O=C1C=C(Nc2cccc(CCc3ccccn3)c2)C(=O)N1CCO. The molecule has 1 aliphatic heterocycles. The van der Waals surface area contributed by atoms with Gasteiger partial charge in [0.25, 0.3) is 11.8 Å². The number of pyridine rings is 1. The summed E-state index contributed by atoms with van der Waals surface area (Å²) in [4.78, 5) is 29.3. The van der Waals surface area contributed by atoms with Crippen molar-refractivity contribution in [2.24, 2.45) is 0 Å². The molecule has 1 aliphatic rings. The lowest BCUT2D eigenvalue weighted by Crippen LogP contribution is -2.34. The van der Waals surface area contributed by atoms with Gasteiger partial charge in [-0.15, -0.1) is 0 Å². The van der Waals surface area contributed by atoms with Crippen molar-refractivity contribution in [3.63, 3.8) is 0 Å². The molecular weight excluding hydrogens is 318 g/mol. The third-order valence-corrected chi connectivity index (χ3v) is 3.93. The van der Waals surface area contributed by atoms with Crippen LogP contribution >= 0.6 is 0 Å². The molecule has 0 unspecified atom stereocenters. The highest BCUT2D eigenvalue weighted by molar-refractivity contribution is 6.17. The minimum Gasteiger partial charge on any atom is -0.395 e. The van der Waals surface area contributed by atoms with E-state index in [1.807, 2.05) is 42.5 Å². The van der Waals surface area contributed by atoms with Gasteiger partial charge >= 0.3 is 0 Å². The monoisotopic (exact) mass is 337 g/mol. The minimum atomic E-state index is -0.419.